The molecule has 6 nitrogen and oxygen atoms in total. The Bertz CT molecular complexity index is 746. The number of aromatic nitrogens is 1. The number of rotatable bonds is 3. The summed E-state index contributed by atoms with van der Waals surface area (Å²) < 4.78 is 78.9. The standard InChI is InChI=1S/C17H17F6N3O3/c18-16(19,20)13(17(21,22)23)29-14(28)26-6-3-15(4-7-26)8-11(15)12(27)25-10-2-1-5-24-9-10/h1-2,5,9,11,13H,3-4,6-8H2,(H,25,27)/t11-/m0/s1. The van der Waals surface area contributed by atoms with Gasteiger partial charge < -0.3 is 15.0 Å². The number of anilines is 1. The molecule has 29 heavy (non-hydrogen) atoms. The third-order valence-electron chi connectivity index (χ3n) is 5.27. The summed E-state index contributed by atoms with van der Waals surface area (Å²) in [6.45, 7) is -0.171. The molecule has 1 atom stereocenters. The molecule has 2 aliphatic rings. The van der Waals surface area contributed by atoms with Crippen molar-refractivity contribution in [2.24, 2.45) is 11.3 Å². The molecule has 1 aliphatic heterocycles. The fourth-order valence-corrected chi connectivity index (χ4v) is 3.57. The third-order valence-corrected chi connectivity index (χ3v) is 5.27. The molecule has 1 spiro atoms. The molecular formula is C17H17F6N3O3. The molecule has 0 aromatic carbocycles. The van der Waals surface area contributed by atoms with E-state index in [1.54, 1.807) is 18.3 Å². The van der Waals surface area contributed by atoms with Crippen molar-refractivity contribution in [2.45, 2.75) is 37.7 Å². The summed E-state index contributed by atoms with van der Waals surface area (Å²) in [6.07, 6.45) is -13.2. The Kier molecular flexibility index (Phi) is 5.39. The summed E-state index contributed by atoms with van der Waals surface area (Å²) in [5, 5.41) is 2.71. The number of alkyl halides is 6. The molecule has 1 saturated heterocycles. The van der Waals surface area contributed by atoms with E-state index in [9.17, 15) is 35.9 Å². The lowest BCUT2D eigenvalue weighted by atomic mass is 9.91. The number of pyridine rings is 1. The van der Waals surface area contributed by atoms with Crippen LogP contribution < -0.4 is 5.32 Å². The minimum Gasteiger partial charge on any atom is -0.426 e. The average molecular weight is 425 g/mol. The molecule has 0 radical (unpaired) electrons. The van der Waals surface area contributed by atoms with Crippen molar-refractivity contribution in [1.82, 2.24) is 9.88 Å². The SMILES string of the molecule is O=C(Nc1cccnc1)[C@@H]1CC12CCN(C(=O)OC(C(F)(F)F)C(F)(F)F)CC2. The predicted molar refractivity (Wildman–Crippen MR) is 86.6 cm³/mol. The van der Waals surface area contributed by atoms with Gasteiger partial charge >= 0.3 is 18.4 Å². The zero-order chi connectivity index (χ0) is 21.4. The van der Waals surface area contributed by atoms with Crippen LogP contribution in [0.4, 0.5) is 36.8 Å². The first-order chi connectivity index (χ1) is 13.4. The Morgan fingerprint density at radius 3 is 2.31 bits per heavy atom. The van der Waals surface area contributed by atoms with Gasteiger partial charge in [0.1, 0.15) is 0 Å². The van der Waals surface area contributed by atoms with E-state index in [-0.39, 0.29) is 37.8 Å². The molecule has 1 saturated carbocycles. The zero-order valence-corrected chi connectivity index (χ0v) is 14.9. The second-order valence-electron chi connectivity index (χ2n) is 7.18. The van der Waals surface area contributed by atoms with Crippen LogP contribution in [-0.4, -0.2) is 53.4 Å². The van der Waals surface area contributed by atoms with Crippen molar-refractivity contribution in [3.8, 4) is 0 Å². The van der Waals surface area contributed by atoms with Crippen molar-refractivity contribution in [3.63, 3.8) is 0 Å². The zero-order valence-electron chi connectivity index (χ0n) is 14.9. The topological polar surface area (TPSA) is 71.5 Å². The van der Waals surface area contributed by atoms with E-state index in [1.165, 1.54) is 6.20 Å². The Labute approximate surface area is 161 Å². The lowest BCUT2D eigenvalue weighted by molar-refractivity contribution is -0.308. The molecule has 0 unspecified atom stereocenters. The van der Waals surface area contributed by atoms with Crippen molar-refractivity contribution < 1.29 is 40.7 Å². The summed E-state index contributed by atoms with van der Waals surface area (Å²) in [7, 11) is 0. The van der Waals surface area contributed by atoms with E-state index in [4.69, 9.17) is 0 Å². The van der Waals surface area contributed by atoms with Crippen LogP contribution in [0.25, 0.3) is 0 Å². The van der Waals surface area contributed by atoms with Crippen molar-refractivity contribution in [3.05, 3.63) is 24.5 Å². The number of nitrogens with one attached hydrogen (secondary N) is 1. The second-order valence-corrected chi connectivity index (χ2v) is 7.18. The number of likely N-dealkylation sites (tertiary alicyclic amines) is 1. The number of halogens is 6. The summed E-state index contributed by atoms with van der Waals surface area (Å²) in [5.41, 5.74) is 0.113. The highest BCUT2D eigenvalue weighted by atomic mass is 19.4. The number of piperidine rings is 1. The van der Waals surface area contributed by atoms with Crippen LogP contribution in [0.2, 0.25) is 0 Å². The predicted octanol–water partition coefficient (Wildman–Crippen LogP) is 3.75. The Hall–Kier alpha value is -2.53. The van der Waals surface area contributed by atoms with Crippen molar-refractivity contribution in [1.29, 1.82) is 0 Å². The smallest absolute Gasteiger partial charge is 0.426 e. The van der Waals surface area contributed by atoms with E-state index < -0.39 is 30.0 Å². The highest BCUT2D eigenvalue weighted by molar-refractivity contribution is 5.95. The number of amides is 2. The molecule has 160 valence electrons. The Morgan fingerprint density at radius 1 is 1.17 bits per heavy atom. The maximum atomic E-state index is 12.5. The number of hydrogen-bond acceptors (Lipinski definition) is 4. The average Bonchev–Trinajstić information content (AvgIpc) is 3.32. The van der Waals surface area contributed by atoms with Gasteiger partial charge in [0, 0.05) is 25.2 Å². The fraction of sp³-hybridized carbons (Fsp3) is 0.588. The van der Waals surface area contributed by atoms with E-state index >= 15 is 0 Å². The van der Waals surface area contributed by atoms with Crippen LogP contribution in [0, 0.1) is 11.3 Å². The molecule has 0 bridgehead atoms. The number of hydrogen-bond donors (Lipinski definition) is 1. The van der Waals surface area contributed by atoms with Crippen molar-refractivity contribution in [2.75, 3.05) is 18.4 Å². The van der Waals surface area contributed by atoms with Gasteiger partial charge in [-0.05, 0) is 36.8 Å². The number of ether oxygens (including phenoxy) is 1. The first-order valence-corrected chi connectivity index (χ1v) is 8.72. The van der Waals surface area contributed by atoms with Crippen molar-refractivity contribution >= 4 is 17.7 Å². The molecule has 2 fully saturated rings. The molecule has 3 rings (SSSR count). The summed E-state index contributed by atoms with van der Waals surface area (Å²) in [6, 6.07) is 3.31. The number of nitrogens with zero attached hydrogens (tertiary/aromatic N) is 2. The van der Waals surface area contributed by atoms with Gasteiger partial charge in [0.05, 0.1) is 11.9 Å². The first kappa shape index (κ1) is 21.2. The van der Waals surface area contributed by atoms with E-state index in [2.05, 4.69) is 15.0 Å². The minimum absolute atomic E-state index is 0.0854. The third kappa shape index (κ3) is 4.73. The molecular weight excluding hydrogens is 408 g/mol. The number of carbonyl (C=O) groups excluding carboxylic acids is 2. The lowest BCUT2D eigenvalue weighted by Crippen LogP contribution is -2.49. The molecule has 1 aromatic rings. The van der Waals surface area contributed by atoms with Gasteiger partial charge in [-0.3, -0.25) is 9.78 Å². The Morgan fingerprint density at radius 2 is 1.79 bits per heavy atom. The second kappa shape index (κ2) is 7.38. The normalized spacial score (nSPS) is 21.2. The largest absolute Gasteiger partial charge is 0.434 e. The maximum absolute atomic E-state index is 12.5. The maximum Gasteiger partial charge on any atom is 0.434 e. The van der Waals surface area contributed by atoms with Gasteiger partial charge in [-0.15, -0.1) is 0 Å². The molecule has 1 aliphatic carbocycles. The highest BCUT2D eigenvalue weighted by Crippen LogP contribution is 2.59. The fourth-order valence-electron chi connectivity index (χ4n) is 3.57. The quantitative estimate of drug-likeness (QED) is 0.749. The summed E-state index contributed by atoms with van der Waals surface area (Å²) >= 11 is 0. The van der Waals surface area contributed by atoms with Crippen LogP contribution in [0.5, 0.6) is 0 Å². The van der Waals surface area contributed by atoms with E-state index in [0.717, 1.165) is 4.90 Å². The Balaban J connectivity index is 1.53. The summed E-state index contributed by atoms with van der Waals surface area (Å²) in [5.74, 6) is -0.567. The molecule has 1 N–H and O–H groups in total. The van der Waals surface area contributed by atoms with E-state index in [0.29, 0.717) is 12.1 Å². The van der Waals surface area contributed by atoms with Gasteiger partial charge in [0.15, 0.2) is 0 Å². The molecule has 1 aromatic heterocycles. The van der Waals surface area contributed by atoms with Gasteiger partial charge in [-0.2, -0.15) is 26.3 Å². The minimum atomic E-state index is -5.75. The van der Waals surface area contributed by atoms with Gasteiger partial charge in [0.25, 0.3) is 6.10 Å². The van der Waals surface area contributed by atoms with Crippen LogP contribution >= 0.6 is 0 Å². The van der Waals surface area contributed by atoms with Crippen LogP contribution in [-0.2, 0) is 9.53 Å². The van der Waals surface area contributed by atoms with Crippen LogP contribution in [0.3, 0.4) is 0 Å². The molecule has 2 amide bonds. The molecule has 12 heteroatoms. The number of carbonyl (C=O) groups is 2. The first-order valence-electron chi connectivity index (χ1n) is 8.72. The van der Waals surface area contributed by atoms with E-state index in [1.807, 2.05) is 0 Å². The molecule has 2 heterocycles. The lowest BCUT2D eigenvalue weighted by Gasteiger charge is -2.33. The highest BCUT2D eigenvalue weighted by Gasteiger charge is 2.61. The monoisotopic (exact) mass is 425 g/mol. The van der Waals surface area contributed by atoms with Gasteiger partial charge in [-0.25, -0.2) is 4.79 Å². The summed E-state index contributed by atoms with van der Waals surface area (Å²) in [4.78, 5) is 28.8. The van der Waals surface area contributed by atoms with Gasteiger partial charge in [0.2, 0.25) is 5.91 Å². The van der Waals surface area contributed by atoms with Crippen LogP contribution in [0.1, 0.15) is 19.3 Å². The van der Waals surface area contributed by atoms with Crippen LogP contribution in [0.15, 0.2) is 24.5 Å². The van der Waals surface area contributed by atoms with Gasteiger partial charge in [-0.1, -0.05) is 0 Å².